The summed E-state index contributed by atoms with van der Waals surface area (Å²) < 4.78 is 10.7. The summed E-state index contributed by atoms with van der Waals surface area (Å²) in [7, 11) is 1.46. The zero-order chi connectivity index (χ0) is 18.7. The lowest BCUT2D eigenvalue weighted by Gasteiger charge is -2.41. The summed E-state index contributed by atoms with van der Waals surface area (Å²) in [6.45, 7) is 3.50. The number of likely N-dealkylation sites (tertiary alicyclic amines) is 1. The monoisotopic (exact) mass is 362 g/mol. The fraction of sp³-hybridized carbons (Fsp3) is 0.632. The van der Waals surface area contributed by atoms with Crippen molar-refractivity contribution in [1.29, 1.82) is 0 Å². The molecule has 26 heavy (non-hydrogen) atoms. The summed E-state index contributed by atoms with van der Waals surface area (Å²) in [5, 5.41) is 11.5. The highest BCUT2D eigenvalue weighted by Gasteiger charge is 2.35. The van der Waals surface area contributed by atoms with Crippen LogP contribution in [0.5, 0.6) is 11.5 Å². The van der Waals surface area contributed by atoms with Crippen LogP contribution in [-0.4, -0.2) is 42.5 Å². The van der Waals surface area contributed by atoms with Crippen LogP contribution in [0.25, 0.3) is 0 Å². The normalized spacial score (nSPS) is 22.5. The molecule has 0 bridgehead atoms. The SMILES string of the molecule is CCOc1cc([N+](=O)[O-])c(C(=O)N2CC[C@@H]3CCCC[C@@H]3C2)cc1OC. The van der Waals surface area contributed by atoms with E-state index in [0.29, 0.717) is 37.3 Å². The van der Waals surface area contributed by atoms with Gasteiger partial charge in [0.05, 0.1) is 24.7 Å². The minimum Gasteiger partial charge on any atom is -0.493 e. The van der Waals surface area contributed by atoms with Gasteiger partial charge in [0.15, 0.2) is 11.5 Å². The molecule has 0 aromatic heterocycles. The standard InChI is InChI=1S/C19H26N2O5/c1-3-26-18-11-16(21(23)24)15(10-17(18)25-2)19(22)20-9-8-13-6-4-5-7-14(13)12-20/h10-11,13-14H,3-9,12H2,1-2H3/t13-,14+/m0/s1. The first-order valence-electron chi connectivity index (χ1n) is 9.33. The summed E-state index contributed by atoms with van der Waals surface area (Å²) in [4.78, 5) is 25.8. The molecule has 7 heteroatoms. The van der Waals surface area contributed by atoms with E-state index in [0.717, 1.165) is 12.8 Å². The molecule has 0 spiro atoms. The molecule has 0 unspecified atom stereocenters. The Morgan fingerprint density at radius 2 is 1.96 bits per heavy atom. The predicted octanol–water partition coefficient (Wildman–Crippen LogP) is 3.65. The Hall–Kier alpha value is -2.31. The molecule has 3 rings (SSSR count). The fourth-order valence-electron chi connectivity index (χ4n) is 4.26. The minimum absolute atomic E-state index is 0.0737. The van der Waals surface area contributed by atoms with E-state index in [4.69, 9.17) is 9.47 Å². The smallest absolute Gasteiger partial charge is 0.286 e. The summed E-state index contributed by atoms with van der Waals surface area (Å²) >= 11 is 0. The van der Waals surface area contributed by atoms with Crippen molar-refractivity contribution >= 4 is 11.6 Å². The second kappa shape index (κ2) is 7.93. The van der Waals surface area contributed by atoms with Gasteiger partial charge in [0.1, 0.15) is 5.56 Å². The van der Waals surface area contributed by atoms with Gasteiger partial charge >= 0.3 is 0 Å². The number of hydrogen-bond donors (Lipinski definition) is 0. The number of hydrogen-bond acceptors (Lipinski definition) is 5. The van der Waals surface area contributed by atoms with Gasteiger partial charge in [0.25, 0.3) is 11.6 Å². The van der Waals surface area contributed by atoms with Crippen LogP contribution in [0.4, 0.5) is 5.69 Å². The summed E-state index contributed by atoms with van der Waals surface area (Å²) in [5.41, 5.74) is -0.158. The number of benzene rings is 1. The average Bonchev–Trinajstić information content (AvgIpc) is 2.66. The zero-order valence-corrected chi connectivity index (χ0v) is 15.4. The van der Waals surface area contributed by atoms with Gasteiger partial charge in [0, 0.05) is 19.2 Å². The van der Waals surface area contributed by atoms with Gasteiger partial charge in [-0.1, -0.05) is 19.3 Å². The Labute approximate surface area is 153 Å². The van der Waals surface area contributed by atoms with E-state index in [2.05, 4.69) is 0 Å². The largest absolute Gasteiger partial charge is 0.493 e. The maximum Gasteiger partial charge on any atom is 0.286 e. The van der Waals surface area contributed by atoms with E-state index >= 15 is 0 Å². The maximum atomic E-state index is 13.1. The van der Waals surface area contributed by atoms with Crippen molar-refractivity contribution < 1.29 is 19.2 Å². The van der Waals surface area contributed by atoms with Crippen LogP contribution < -0.4 is 9.47 Å². The zero-order valence-electron chi connectivity index (χ0n) is 15.4. The van der Waals surface area contributed by atoms with Crippen molar-refractivity contribution in [1.82, 2.24) is 4.90 Å². The third-order valence-electron chi connectivity index (χ3n) is 5.59. The van der Waals surface area contributed by atoms with E-state index in [1.165, 1.54) is 38.5 Å². The fourth-order valence-corrected chi connectivity index (χ4v) is 4.26. The van der Waals surface area contributed by atoms with Crippen LogP contribution >= 0.6 is 0 Å². The lowest BCUT2D eigenvalue weighted by atomic mass is 9.75. The van der Waals surface area contributed by atoms with Crippen molar-refractivity contribution in [2.75, 3.05) is 26.8 Å². The molecule has 0 radical (unpaired) electrons. The molecule has 1 aliphatic heterocycles. The second-order valence-corrected chi connectivity index (χ2v) is 7.05. The predicted molar refractivity (Wildman–Crippen MR) is 96.8 cm³/mol. The van der Waals surface area contributed by atoms with Crippen molar-refractivity contribution in [3.63, 3.8) is 0 Å². The number of piperidine rings is 1. The number of nitro groups is 1. The molecule has 1 aliphatic carbocycles. The molecule has 1 aromatic rings. The van der Waals surface area contributed by atoms with E-state index in [9.17, 15) is 14.9 Å². The van der Waals surface area contributed by atoms with Crippen LogP contribution in [-0.2, 0) is 0 Å². The quantitative estimate of drug-likeness (QED) is 0.590. The van der Waals surface area contributed by atoms with Crippen molar-refractivity contribution in [2.45, 2.75) is 39.0 Å². The van der Waals surface area contributed by atoms with E-state index < -0.39 is 4.92 Å². The van der Waals surface area contributed by atoms with Gasteiger partial charge in [-0.2, -0.15) is 0 Å². The molecule has 7 nitrogen and oxygen atoms in total. The molecule has 1 saturated heterocycles. The number of amides is 1. The second-order valence-electron chi connectivity index (χ2n) is 7.05. The highest BCUT2D eigenvalue weighted by Crippen LogP contribution is 2.39. The maximum absolute atomic E-state index is 13.1. The number of ether oxygens (including phenoxy) is 2. The van der Waals surface area contributed by atoms with Crippen LogP contribution in [0.15, 0.2) is 12.1 Å². The molecule has 1 heterocycles. The molecule has 1 aromatic carbocycles. The molecule has 1 amide bonds. The number of nitrogens with zero attached hydrogens (tertiary/aromatic N) is 2. The molecular formula is C19H26N2O5. The van der Waals surface area contributed by atoms with Crippen LogP contribution in [0.3, 0.4) is 0 Å². The first kappa shape index (κ1) is 18.5. The van der Waals surface area contributed by atoms with E-state index in [-0.39, 0.29) is 22.9 Å². The summed E-state index contributed by atoms with van der Waals surface area (Å²) in [6.07, 6.45) is 5.85. The molecule has 2 aliphatic rings. The average molecular weight is 362 g/mol. The van der Waals surface area contributed by atoms with Crippen molar-refractivity contribution in [3.8, 4) is 11.5 Å². The molecule has 2 fully saturated rings. The Bertz CT molecular complexity index is 691. The molecule has 1 saturated carbocycles. The Morgan fingerprint density at radius 3 is 2.62 bits per heavy atom. The third-order valence-corrected chi connectivity index (χ3v) is 5.59. The topological polar surface area (TPSA) is 81.9 Å². The van der Waals surface area contributed by atoms with Crippen LogP contribution in [0.2, 0.25) is 0 Å². The first-order valence-corrected chi connectivity index (χ1v) is 9.33. The number of carbonyl (C=O) groups is 1. The Morgan fingerprint density at radius 1 is 1.23 bits per heavy atom. The van der Waals surface area contributed by atoms with Crippen LogP contribution in [0, 0.1) is 22.0 Å². The van der Waals surface area contributed by atoms with Crippen LogP contribution in [0.1, 0.15) is 49.4 Å². The lowest BCUT2D eigenvalue weighted by Crippen LogP contribution is -2.44. The van der Waals surface area contributed by atoms with Gasteiger partial charge < -0.3 is 14.4 Å². The summed E-state index contributed by atoms with van der Waals surface area (Å²) in [6, 6.07) is 2.74. The minimum atomic E-state index is -0.525. The van der Waals surface area contributed by atoms with Gasteiger partial charge in [-0.3, -0.25) is 14.9 Å². The molecule has 2 atom stereocenters. The first-order chi connectivity index (χ1) is 12.5. The summed E-state index contributed by atoms with van der Waals surface area (Å²) in [5.74, 6) is 1.54. The molecule has 142 valence electrons. The lowest BCUT2D eigenvalue weighted by molar-refractivity contribution is -0.385. The van der Waals surface area contributed by atoms with E-state index in [1.807, 2.05) is 0 Å². The number of methoxy groups -OCH3 is 1. The molecular weight excluding hydrogens is 336 g/mol. The highest BCUT2D eigenvalue weighted by molar-refractivity contribution is 5.99. The number of rotatable bonds is 5. The number of carbonyl (C=O) groups excluding carboxylic acids is 1. The van der Waals surface area contributed by atoms with Gasteiger partial charge in [-0.05, 0) is 31.6 Å². The van der Waals surface area contributed by atoms with Gasteiger partial charge in [0.2, 0.25) is 0 Å². The third kappa shape index (κ3) is 3.61. The van der Waals surface area contributed by atoms with Crippen molar-refractivity contribution in [2.24, 2.45) is 11.8 Å². The van der Waals surface area contributed by atoms with Crippen molar-refractivity contribution in [3.05, 3.63) is 27.8 Å². The Balaban J connectivity index is 1.89. The van der Waals surface area contributed by atoms with Gasteiger partial charge in [-0.15, -0.1) is 0 Å². The Kier molecular flexibility index (Phi) is 5.64. The van der Waals surface area contributed by atoms with Gasteiger partial charge in [-0.25, -0.2) is 0 Å². The number of fused-ring (bicyclic) bond motifs is 1. The molecule has 0 N–H and O–H groups in total. The highest BCUT2D eigenvalue weighted by atomic mass is 16.6. The number of nitro benzene ring substituents is 1. The van der Waals surface area contributed by atoms with E-state index in [1.54, 1.807) is 11.8 Å².